The first kappa shape index (κ1) is 17.7. The molecule has 0 N–H and O–H groups in total. The Morgan fingerprint density at radius 3 is 2.15 bits per heavy atom. The molecule has 0 saturated carbocycles. The first-order chi connectivity index (χ1) is 12.6. The van der Waals surface area contributed by atoms with Gasteiger partial charge in [0, 0.05) is 12.8 Å². The highest BCUT2D eigenvalue weighted by Crippen LogP contribution is 2.23. The number of benzene rings is 2. The molecule has 0 saturated heterocycles. The number of carbonyl (C=O) groups excluding carboxylic acids is 3. The number of aliphatic imine (C=N–C) groups is 1. The van der Waals surface area contributed by atoms with Gasteiger partial charge < -0.3 is 0 Å². The number of imide groups is 1. The lowest BCUT2D eigenvalue weighted by molar-refractivity contribution is -0.118. The van der Waals surface area contributed by atoms with Gasteiger partial charge in [-0.05, 0) is 37.5 Å². The highest BCUT2D eigenvalue weighted by atomic mass is 16.2. The van der Waals surface area contributed by atoms with Crippen molar-refractivity contribution < 1.29 is 14.4 Å². The molecule has 0 fully saturated rings. The van der Waals surface area contributed by atoms with Crippen LogP contribution in [0.15, 0.2) is 59.6 Å². The summed E-state index contributed by atoms with van der Waals surface area (Å²) < 4.78 is 0. The van der Waals surface area contributed by atoms with Crippen LogP contribution in [0.3, 0.4) is 0 Å². The number of ketones is 1. The molecule has 3 rings (SSSR count). The van der Waals surface area contributed by atoms with Crippen LogP contribution in [0.4, 0.5) is 0 Å². The fourth-order valence-corrected chi connectivity index (χ4v) is 2.98. The van der Waals surface area contributed by atoms with E-state index in [0.29, 0.717) is 24.0 Å². The number of hydrogen-bond acceptors (Lipinski definition) is 4. The lowest BCUT2D eigenvalue weighted by Gasteiger charge is -2.15. The molecule has 1 atom stereocenters. The van der Waals surface area contributed by atoms with Gasteiger partial charge in [-0.15, -0.1) is 0 Å². The first-order valence-electron chi connectivity index (χ1n) is 8.62. The topological polar surface area (TPSA) is 66.8 Å². The predicted molar refractivity (Wildman–Crippen MR) is 99.5 cm³/mol. The van der Waals surface area contributed by atoms with E-state index in [1.54, 1.807) is 30.5 Å². The number of rotatable bonds is 7. The molecule has 2 aromatic carbocycles. The maximum atomic E-state index is 12.3. The number of amides is 2. The molecule has 0 aliphatic carbocycles. The molecule has 1 aliphatic rings. The van der Waals surface area contributed by atoms with Crippen molar-refractivity contribution in [1.82, 2.24) is 4.90 Å². The third kappa shape index (κ3) is 3.77. The number of carbonyl (C=O) groups is 3. The smallest absolute Gasteiger partial charge is 0.261 e. The minimum atomic E-state index is -0.467. The monoisotopic (exact) mass is 348 g/mol. The van der Waals surface area contributed by atoms with Crippen molar-refractivity contribution in [3.63, 3.8) is 0 Å². The Morgan fingerprint density at radius 2 is 1.58 bits per heavy atom. The summed E-state index contributed by atoms with van der Waals surface area (Å²) in [6, 6.07) is 15.9. The van der Waals surface area contributed by atoms with Crippen LogP contribution in [-0.4, -0.2) is 41.3 Å². The van der Waals surface area contributed by atoms with Gasteiger partial charge >= 0.3 is 0 Å². The van der Waals surface area contributed by atoms with Crippen LogP contribution >= 0.6 is 0 Å². The van der Waals surface area contributed by atoms with Crippen molar-refractivity contribution in [2.45, 2.75) is 25.8 Å². The van der Waals surface area contributed by atoms with Gasteiger partial charge in [0.05, 0.1) is 11.1 Å². The maximum absolute atomic E-state index is 12.3. The number of nitrogens with zero attached hydrogens (tertiary/aromatic N) is 2. The molecule has 0 spiro atoms. The highest BCUT2D eigenvalue weighted by molar-refractivity contribution is 6.21. The second kappa shape index (κ2) is 7.87. The number of hydrogen-bond donors (Lipinski definition) is 0. The van der Waals surface area contributed by atoms with Crippen LogP contribution in [-0.2, 0) is 4.79 Å². The summed E-state index contributed by atoms with van der Waals surface area (Å²) in [5, 5.41) is 0. The van der Waals surface area contributed by atoms with Crippen molar-refractivity contribution in [2.24, 2.45) is 4.99 Å². The van der Waals surface area contributed by atoms with Gasteiger partial charge in [-0.25, -0.2) is 0 Å². The van der Waals surface area contributed by atoms with Crippen molar-refractivity contribution in [1.29, 1.82) is 0 Å². The van der Waals surface area contributed by atoms with Crippen LogP contribution < -0.4 is 0 Å². The van der Waals surface area contributed by atoms with Gasteiger partial charge in [-0.1, -0.05) is 42.5 Å². The van der Waals surface area contributed by atoms with E-state index in [9.17, 15) is 14.4 Å². The molecule has 0 radical (unpaired) electrons. The lowest BCUT2D eigenvalue weighted by Crippen LogP contribution is -2.31. The van der Waals surface area contributed by atoms with E-state index < -0.39 is 6.04 Å². The van der Waals surface area contributed by atoms with Gasteiger partial charge in [0.25, 0.3) is 11.8 Å². The predicted octanol–water partition coefficient (Wildman–Crippen LogP) is 3.14. The Bertz CT molecular complexity index is 824. The largest absolute Gasteiger partial charge is 0.298 e. The van der Waals surface area contributed by atoms with E-state index >= 15 is 0 Å². The van der Waals surface area contributed by atoms with Crippen LogP contribution in [0.2, 0.25) is 0 Å². The van der Waals surface area contributed by atoms with Crippen LogP contribution in [0.5, 0.6) is 0 Å². The van der Waals surface area contributed by atoms with E-state index in [4.69, 9.17) is 0 Å². The molecule has 2 amide bonds. The van der Waals surface area contributed by atoms with Crippen LogP contribution in [0, 0.1) is 0 Å². The summed E-state index contributed by atoms with van der Waals surface area (Å²) in [5.74, 6) is -0.560. The van der Waals surface area contributed by atoms with Gasteiger partial charge in [0.15, 0.2) is 5.78 Å². The zero-order chi connectivity index (χ0) is 18.5. The van der Waals surface area contributed by atoms with Crippen molar-refractivity contribution in [2.75, 3.05) is 6.54 Å². The summed E-state index contributed by atoms with van der Waals surface area (Å²) in [6.07, 6.45) is 2.71. The van der Waals surface area contributed by atoms with E-state index in [1.165, 1.54) is 11.8 Å². The Labute approximate surface area is 152 Å². The molecule has 132 valence electrons. The standard InChI is InChI=1S/C21H20N2O3/c1-15(24)19(22-14-16-8-3-2-4-9-16)12-7-13-23-20(25)17-10-5-6-11-18(17)21(23)26/h2-6,8-11,14,19H,7,12-13H2,1H3. The average Bonchev–Trinajstić information content (AvgIpc) is 2.90. The zero-order valence-corrected chi connectivity index (χ0v) is 14.6. The molecule has 1 aliphatic heterocycles. The van der Waals surface area contributed by atoms with Crippen molar-refractivity contribution in [3.05, 3.63) is 71.3 Å². The van der Waals surface area contributed by atoms with E-state index in [1.807, 2.05) is 30.3 Å². The number of fused-ring (bicyclic) bond motifs is 1. The second-order valence-corrected chi connectivity index (χ2v) is 6.27. The third-order valence-electron chi connectivity index (χ3n) is 4.41. The zero-order valence-electron chi connectivity index (χ0n) is 14.6. The first-order valence-corrected chi connectivity index (χ1v) is 8.62. The molecular weight excluding hydrogens is 328 g/mol. The fourth-order valence-electron chi connectivity index (χ4n) is 2.98. The molecule has 5 heteroatoms. The minimum absolute atomic E-state index is 0.0282. The summed E-state index contributed by atoms with van der Waals surface area (Å²) in [5.41, 5.74) is 1.82. The van der Waals surface area contributed by atoms with E-state index in [0.717, 1.165) is 5.56 Å². The fraction of sp³-hybridized carbons (Fsp3) is 0.238. The third-order valence-corrected chi connectivity index (χ3v) is 4.41. The Balaban J connectivity index is 1.59. The normalized spacial score (nSPS) is 14.7. The molecule has 5 nitrogen and oxygen atoms in total. The molecule has 1 unspecified atom stereocenters. The Morgan fingerprint density at radius 1 is 1.00 bits per heavy atom. The van der Waals surface area contributed by atoms with Crippen LogP contribution in [0.1, 0.15) is 46.0 Å². The summed E-state index contributed by atoms with van der Waals surface area (Å²) in [7, 11) is 0. The Hall–Kier alpha value is -3.08. The van der Waals surface area contributed by atoms with Gasteiger partial charge in [0.2, 0.25) is 0 Å². The molecule has 0 aromatic heterocycles. The lowest BCUT2D eigenvalue weighted by atomic mass is 10.1. The van der Waals surface area contributed by atoms with Crippen molar-refractivity contribution in [3.8, 4) is 0 Å². The SMILES string of the molecule is CC(=O)C(CCCN1C(=O)c2ccccc2C1=O)N=Cc1ccccc1. The van der Waals surface area contributed by atoms with Gasteiger partial charge in [-0.2, -0.15) is 0 Å². The molecular formula is C21H20N2O3. The van der Waals surface area contributed by atoms with Crippen LogP contribution in [0.25, 0.3) is 0 Å². The summed E-state index contributed by atoms with van der Waals surface area (Å²) in [6.45, 7) is 1.80. The minimum Gasteiger partial charge on any atom is -0.298 e. The van der Waals surface area contributed by atoms with Gasteiger partial charge in [0.1, 0.15) is 6.04 Å². The summed E-state index contributed by atoms with van der Waals surface area (Å²) >= 11 is 0. The Kier molecular flexibility index (Phi) is 5.37. The molecule has 26 heavy (non-hydrogen) atoms. The molecule has 1 heterocycles. The second-order valence-electron chi connectivity index (χ2n) is 6.27. The van der Waals surface area contributed by atoms with Crippen molar-refractivity contribution >= 4 is 23.8 Å². The quantitative estimate of drug-likeness (QED) is 0.570. The average molecular weight is 348 g/mol. The van der Waals surface area contributed by atoms with E-state index in [-0.39, 0.29) is 24.1 Å². The molecule has 2 aromatic rings. The van der Waals surface area contributed by atoms with E-state index in [2.05, 4.69) is 4.99 Å². The highest BCUT2D eigenvalue weighted by Gasteiger charge is 2.34. The summed E-state index contributed by atoms with van der Waals surface area (Å²) in [4.78, 5) is 42.1. The van der Waals surface area contributed by atoms with Gasteiger partial charge in [-0.3, -0.25) is 24.3 Å². The maximum Gasteiger partial charge on any atom is 0.261 e. The number of Topliss-reactive ketones (excluding diaryl/α,β-unsaturated/α-hetero) is 1. The molecule has 0 bridgehead atoms.